The number of fused-ring (bicyclic) bond motifs is 1. The van der Waals surface area contributed by atoms with Gasteiger partial charge in [-0.15, -0.1) is 0 Å². The Hall–Kier alpha value is -2.31. The average molecular weight is 254 g/mol. The molecule has 3 nitrogen and oxygen atoms in total. The number of hydrogen-bond donors (Lipinski definition) is 0. The summed E-state index contributed by atoms with van der Waals surface area (Å²) >= 11 is 6.27. The normalized spacial score (nSPS) is 10.4. The number of aromatic nitrogens is 2. The van der Waals surface area contributed by atoms with Crippen LogP contribution in [0.3, 0.4) is 0 Å². The van der Waals surface area contributed by atoms with Crippen molar-refractivity contribution in [1.29, 1.82) is 5.26 Å². The summed E-state index contributed by atoms with van der Waals surface area (Å²) in [5.74, 6) is 0. The number of benzene rings is 1. The van der Waals surface area contributed by atoms with Gasteiger partial charge in [-0.2, -0.15) is 5.26 Å². The van der Waals surface area contributed by atoms with Crippen LogP contribution >= 0.6 is 11.6 Å². The fraction of sp³-hybridized carbons (Fsp3) is 0. The second-order valence-corrected chi connectivity index (χ2v) is 4.26. The largest absolute Gasteiger partial charge is 0.322 e. The molecule has 0 amide bonds. The molecule has 0 aliphatic heterocycles. The van der Waals surface area contributed by atoms with Crippen LogP contribution in [-0.2, 0) is 0 Å². The molecule has 0 bridgehead atoms. The lowest BCUT2D eigenvalue weighted by molar-refractivity contribution is 1.09. The summed E-state index contributed by atoms with van der Waals surface area (Å²) in [6, 6.07) is 11.5. The number of pyridine rings is 1. The Balaban J connectivity index is 2.50. The van der Waals surface area contributed by atoms with Crippen LogP contribution in [0.25, 0.3) is 16.5 Å². The molecule has 86 valence electrons. The van der Waals surface area contributed by atoms with Gasteiger partial charge in [0.2, 0.25) is 0 Å². The van der Waals surface area contributed by atoms with E-state index < -0.39 is 0 Å². The first-order valence-corrected chi connectivity index (χ1v) is 5.80. The molecule has 2 heterocycles. The van der Waals surface area contributed by atoms with E-state index in [1.807, 2.05) is 47.3 Å². The second kappa shape index (κ2) is 4.17. The molecule has 0 N–H and O–H groups in total. The minimum Gasteiger partial charge on any atom is -0.322 e. The molecule has 3 aromatic rings. The first-order chi connectivity index (χ1) is 8.81. The van der Waals surface area contributed by atoms with Crippen LogP contribution in [0, 0.1) is 11.3 Å². The summed E-state index contributed by atoms with van der Waals surface area (Å²) in [5, 5.41) is 11.5. The topological polar surface area (TPSA) is 41.6 Å². The van der Waals surface area contributed by atoms with Crippen molar-refractivity contribution in [2.45, 2.75) is 0 Å². The fourth-order valence-electron chi connectivity index (χ4n) is 2.05. The van der Waals surface area contributed by atoms with Crippen LogP contribution < -0.4 is 0 Å². The minimum absolute atomic E-state index is 0.388. The number of hydrogen-bond acceptors (Lipinski definition) is 2. The SMILES string of the molecule is N#Cc1nccc2ccc(Cl)c(-n3cccc3)c12. The summed E-state index contributed by atoms with van der Waals surface area (Å²) in [7, 11) is 0. The van der Waals surface area contributed by atoms with Crippen LogP contribution in [0.15, 0.2) is 48.9 Å². The summed E-state index contributed by atoms with van der Waals surface area (Å²) in [6.07, 6.45) is 5.43. The molecule has 2 aromatic heterocycles. The van der Waals surface area contributed by atoms with Gasteiger partial charge in [0.15, 0.2) is 0 Å². The zero-order valence-electron chi connectivity index (χ0n) is 9.34. The third-order valence-corrected chi connectivity index (χ3v) is 3.13. The molecule has 0 aliphatic carbocycles. The van der Waals surface area contributed by atoms with Crippen LogP contribution in [0.1, 0.15) is 5.69 Å². The van der Waals surface area contributed by atoms with Crippen molar-refractivity contribution in [1.82, 2.24) is 9.55 Å². The first kappa shape index (κ1) is 10.8. The predicted octanol–water partition coefficient (Wildman–Crippen LogP) is 3.55. The van der Waals surface area contributed by atoms with Crippen molar-refractivity contribution in [2.24, 2.45) is 0 Å². The van der Waals surface area contributed by atoms with Crippen molar-refractivity contribution in [3.05, 3.63) is 59.6 Å². The molecule has 4 heteroatoms. The Labute approximate surface area is 109 Å². The number of nitrogens with zero attached hydrogens (tertiary/aromatic N) is 3. The number of nitriles is 1. The lowest BCUT2D eigenvalue weighted by atomic mass is 10.1. The van der Waals surface area contributed by atoms with Gasteiger partial charge in [0, 0.05) is 24.0 Å². The standard InChI is InChI=1S/C14H8ClN3/c15-11-4-3-10-5-6-17-12(9-16)13(10)14(11)18-7-1-2-8-18/h1-8H. The predicted molar refractivity (Wildman–Crippen MR) is 70.8 cm³/mol. The molecule has 0 saturated heterocycles. The van der Waals surface area contributed by atoms with Gasteiger partial charge < -0.3 is 4.57 Å². The fourth-order valence-corrected chi connectivity index (χ4v) is 2.30. The first-order valence-electron chi connectivity index (χ1n) is 5.42. The molecular formula is C14H8ClN3. The Morgan fingerprint density at radius 1 is 1.17 bits per heavy atom. The van der Waals surface area contributed by atoms with E-state index in [1.165, 1.54) is 0 Å². The van der Waals surface area contributed by atoms with Gasteiger partial charge in [-0.1, -0.05) is 17.7 Å². The van der Waals surface area contributed by atoms with E-state index in [1.54, 1.807) is 6.20 Å². The third-order valence-electron chi connectivity index (χ3n) is 2.82. The van der Waals surface area contributed by atoms with Gasteiger partial charge in [-0.05, 0) is 29.7 Å². The quantitative estimate of drug-likeness (QED) is 0.665. The van der Waals surface area contributed by atoms with E-state index >= 15 is 0 Å². The Kier molecular flexibility index (Phi) is 2.51. The van der Waals surface area contributed by atoms with Gasteiger partial charge in [0.1, 0.15) is 11.8 Å². The van der Waals surface area contributed by atoms with Crippen molar-refractivity contribution >= 4 is 22.4 Å². The third kappa shape index (κ3) is 1.55. The molecule has 0 spiro atoms. The van der Waals surface area contributed by atoms with E-state index in [0.717, 1.165) is 16.5 Å². The maximum absolute atomic E-state index is 9.18. The van der Waals surface area contributed by atoms with Gasteiger partial charge in [0.25, 0.3) is 0 Å². The molecule has 0 aliphatic rings. The van der Waals surface area contributed by atoms with Gasteiger partial charge in [-0.25, -0.2) is 4.98 Å². The van der Waals surface area contributed by atoms with E-state index in [9.17, 15) is 5.26 Å². The van der Waals surface area contributed by atoms with E-state index in [2.05, 4.69) is 11.1 Å². The highest BCUT2D eigenvalue weighted by Gasteiger charge is 2.12. The van der Waals surface area contributed by atoms with Crippen LogP contribution in [0.2, 0.25) is 5.02 Å². The lowest BCUT2D eigenvalue weighted by Gasteiger charge is -2.10. The molecule has 0 fully saturated rings. The van der Waals surface area contributed by atoms with E-state index in [0.29, 0.717) is 10.7 Å². The van der Waals surface area contributed by atoms with Crippen molar-refractivity contribution in [3.8, 4) is 11.8 Å². The minimum atomic E-state index is 0.388. The van der Waals surface area contributed by atoms with Crippen LogP contribution in [0.5, 0.6) is 0 Å². The van der Waals surface area contributed by atoms with Crippen molar-refractivity contribution in [2.75, 3.05) is 0 Å². The average Bonchev–Trinajstić information content (AvgIpc) is 2.91. The lowest BCUT2D eigenvalue weighted by Crippen LogP contribution is -1.96. The molecule has 0 atom stereocenters. The van der Waals surface area contributed by atoms with E-state index in [4.69, 9.17) is 11.6 Å². The Bertz CT molecular complexity index is 755. The maximum Gasteiger partial charge on any atom is 0.150 e. The zero-order chi connectivity index (χ0) is 12.5. The smallest absolute Gasteiger partial charge is 0.150 e. The van der Waals surface area contributed by atoms with Crippen LogP contribution in [0.4, 0.5) is 0 Å². The monoisotopic (exact) mass is 253 g/mol. The van der Waals surface area contributed by atoms with Crippen molar-refractivity contribution < 1.29 is 0 Å². The van der Waals surface area contributed by atoms with Gasteiger partial charge >= 0.3 is 0 Å². The summed E-state index contributed by atoms with van der Waals surface area (Å²) < 4.78 is 1.90. The van der Waals surface area contributed by atoms with Crippen LogP contribution in [-0.4, -0.2) is 9.55 Å². The highest BCUT2D eigenvalue weighted by atomic mass is 35.5. The molecule has 3 rings (SSSR count). The van der Waals surface area contributed by atoms with Gasteiger partial charge in [0.05, 0.1) is 10.7 Å². The van der Waals surface area contributed by atoms with Gasteiger partial charge in [-0.3, -0.25) is 0 Å². The molecule has 0 radical (unpaired) electrons. The summed E-state index contributed by atoms with van der Waals surface area (Å²) in [4.78, 5) is 4.10. The molecule has 0 saturated carbocycles. The van der Waals surface area contributed by atoms with Crippen molar-refractivity contribution in [3.63, 3.8) is 0 Å². The summed E-state index contributed by atoms with van der Waals surface area (Å²) in [5.41, 5.74) is 1.18. The Morgan fingerprint density at radius 2 is 1.94 bits per heavy atom. The maximum atomic E-state index is 9.18. The molecule has 0 unspecified atom stereocenters. The molecular weight excluding hydrogens is 246 g/mol. The Morgan fingerprint density at radius 3 is 2.67 bits per heavy atom. The number of rotatable bonds is 1. The molecule has 18 heavy (non-hydrogen) atoms. The highest BCUT2D eigenvalue weighted by molar-refractivity contribution is 6.34. The molecule has 1 aromatic carbocycles. The van der Waals surface area contributed by atoms with E-state index in [-0.39, 0.29) is 0 Å². The second-order valence-electron chi connectivity index (χ2n) is 3.86. The number of halogens is 1. The highest BCUT2D eigenvalue weighted by Crippen LogP contribution is 2.31. The summed E-state index contributed by atoms with van der Waals surface area (Å²) in [6.45, 7) is 0. The zero-order valence-corrected chi connectivity index (χ0v) is 10.1.